The molecular weight excluding hydrogens is 550 g/mol. The van der Waals surface area contributed by atoms with E-state index < -0.39 is 0 Å². The predicted molar refractivity (Wildman–Crippen MR) is 165 cm³/mol. The summed E-state index contributed by atoms with van der Waals surface area (Å²) in [6, 6.07) is 16.1. The number of hydrogen-bond acceptors (Lipinski definition) is 9. The van der Waals surface area contributed by atoms with Gasteiger partial charge in [0.05, 0.1) is 53.4 Å². The number of benzene rings is 4. The van der Waals surface area contributed by atoms with Gasteiger partial charge >= 0.3 is 0 Å². The number of nitrogens with zero attached hydrogens (tertiary/aromatic N) is 1. The zero-order valence-corrected chi connectivity index (χ0v) is 25.6. The van der Waals surface area contributed by atoms with Gasteiger partial charge in [0.25, 0.3) is 0 Å². The van der Waals surface area contributed by atoms with Crippen LogP contribution in [-0.4, -0.2) is 56.0 Å². The second kappa shape index (κ2) is 11.6. The van der Waals surface area contributed by atoms with Gasteiger partial charge in [-0.05, 0) is 48.2 Å². The highest BCUT2D eigenvalue weighted by Crippen LogP contribution is 2.56. The van der Waals surface area contributed by atoms with Gasteiger partial charge in [-0.2, -0.15) is 0 Å². The first kappa shape index (κ1) is 28.6. The number of fused-ring (bicyclic) bond motifs is 6. The standard InChI is InChI=1S/C34H37NO8/c1-8-41-27(23-15-28(38-5)29(39-6)17-26(23)37-4)16-24-32-20(11-12-25(36-3)34(32)40-7)21-10-9-19-13-30-31(43-18-42-30)14-22(19)33(21)35(24)2/h9-15,17,24,27H,8,16,18H2,1-7H3. The van der Waals surface area contributed by atoms with Crippen LogP contribution in [0.4, 0.5) is 5.69 Å². The van der Waals surface area contributed by atoms with Crippen LogP contribution in [0, 0.1) is 0 Å². The summed E-state index contributed by atoms with van der Waals surface area (Å²) >= 11 is 0. The predicted octanol–water partition coefficient (Wildman–Crippen LogP) is 6.94. The zero-order valence-electron chi connectivity index (χ0n) is 25.6. The third-order valence-corrected chi connectivity index (χ3v) is 8.40. The van der Waals surface area contributed by atoms with E-state index in [1.54, 1.807) is 35.5 Å². The molecule has 4 aromatic carbocycles. The molecule has 0 aliphatic carbocycles. The Morgan fingerprint density at radius 2 is 1.44 bits per heavy atom. The van der Waals surface area contributed by atoms with Gasteiger partial charge in [0.1, 0.15) is 5.75 Å². The van der Waals surface area contributed by atoms with Crippen LogP contribution in [-0.2, 0) is 4.74 Å². The molecule has 0 N–H and O–H groups in total. The van der Waals surface area contributed by atoms with E-state index in [0.29, 0.717) is 41.8 Å². The van der Waals surface area contributed by atoms with Crippen LogP contribution in [0.2, 0.25) is 0 Å². The van der Waals surface area contributed by atoms with Crippen molar-refractivity contribution < 1.29 is 37.9 Å². The summed E-state index contributed by atoms with van der Waals surface area (Å²) in [6.07, 6.45) is 0.223. The topological polar surface area (TPSA) is 77.1 Å². The molecule has 9 nitrogen and oxygen atoms in total. The Morgan fingerprint density at radius 1 is 0.767 bits per heavy atom. The first-order valence-electron chi connectivity index (χ1n) is 14.2. The summed E-state index contributed by atoms with van der Waals surface area (Å²) in [5.74, 6) is 4.71. The maximum absolute atomic E-state index is 6.46. The van der Waals surface area contributed by atoms with Gasteiger partial charge in [0.2, 0.25) is 6.79 Å². The molecule has 2 aliphatic heterocycles. The smallest absolute Gasteiger partial charge is 0.231 e. The molecule has 0 bridgehead atoms. The van der Waals surface area contributed by atoms with Crippen LogP contribution >= 0.6 is 0 Å². The molecule has 2 aliphatic rings. The fraction of sp³-hybridized carbons (Fsp3) is 0.353. The highest BCUT2D eigenvalue weighted by Gasteiger charge is 2.37. The van der Waals surface area contributed by atoms with E-state index in [1.807, 2.05) is 31.2 Å². The fourth-order valence-electron chi connectivity index (χ4n) is 6.43. The number of hydrogen-bond donors (Lipinski definition) is 0. The van der Waals surface area contributed by atoms with Gasteiger partial charge in [-0.1, -0.05) is 12.1 Å². The monoisotopic (exact) mass is 587 g/mol. The molecule has 43 heavy (non-hydrogen) atoms. The van der Waals surface area contributed by atoms with Crippen LogP contribution in [0.5, 0.6) is 40.2 Å². The molecule has 0 saturated heterocycles. The minimum absolute atomic E-state index is 0.169. The van der Waals surface area contributed by atoms with E-state index in [9.17, 15) is 0 Å². The normalized spacial score (nSPS) is 15.5. The van der Waals surface area contributed by atoms with E-state index in [-0.39, 0.29) is 18.9 Å². The molecule has 9 heteroatoms. The van der Waals surface area contributed by atoms with Crippen molar-refractivity contribution >= 4 is 16.5 Å². The number of methoxy groups -OCH3 is 5. The van der Waals surface area contributed by atoms with E-state index in [4.69, 9.17) is 37.9 Å². The number of ether oxygens (including phenoxy) is 8. The van der Waals surface area contributed by atoms with E-state index in [1.165, 1.54) is 0 Å². The summed E-state index contributed by atoms with van der Waals surface area (Å²) in [5, 5.41) is 2.15. The molecule has 0 fully saturated rings. The average Bonchev–Trinajstić information content (AvgIpc) is 3.50. The first-order valence-corrected chi connectivity index (χ1v) is 14.2. The van der Waals surface area contributed by atoms with Crippen molar-refractivity contribution in [3.8, 4) is 51.4 Å². The Morgan fingerprint density at radius 3 is 2.12 bits per heavy atom. The van der Waals surface area contributed by atoms with Crippen molar-refractivity contribution in [1.82, 2.24) is 0 Å². The maximum Gasteiger partial charge on any atom is 0.231 e. The van der Waals surface area contributed by atoms with Crippen LogP contribution in [0.15, 0.2) is 48.5 Å². The third-order valence-electron chi connectivity index (χ3n) is 8.40. The Balaban J connectivity index is 1.56. The zero-order chi connectivity index (χ0) is 30.2. The van der Waals surface area contributed by atoms with Crippen LogP contribution in [0.1, 0.15) is 36.6 Å². The van der Waals surface area contributed by atoms with Gasteiger partial charge in [-0.15, -0.1) is 0 Å². The average molecular weight is 588 g/mol. The molecule has 0 aromatic heterocycles. The Kier molecular flexibility index (Phi) is 7.75. The fourth-order valence-corrected chi connectivity index (χ4v) is 6.43. The van der Waals surface area contributed by atoms with Gasteiger partial charge in [-0.25, -0.2) is 0 Å². The van der Waals surface area contributed by atoms with Crippen molar-refractivity contribution in [2.45, 2.75) is 25.5 Å². The maximum atomic E-state index is 6.46. The molecule has 2 heterocycles. The molecule has 6 rings (SSSR count). The summed E-state index contributed by atoms with van der Waals surface area (Å²) in [6.45, 7) is 2.72. The lowest BCUT2D eigenvalue weighted by Crippen LogP contribution is -2.31. The van der Waals surface area contributed by atoms with Crippen molar-refractivity contribution in [2.75, 3.05) is 60.9 Å². The molecule has 0 radical (unpaired) electrons. The summed E-state index contributed by atoms with van der Waals surface area (Å²) < 4.78 is 46.8. The summed E-state index contributed by atoms with van der Waals surface area (Å²) in [5.41, 5.74) is 5.16. The molecule has 2 atom stereocenters. The molecule has 4 aromatic rings. The summed E-state index contributed by atoms with van der Waals surface area (Å²) in [4.78, 5) is 2.31. The highest BCUT2D eigenvalue weighted by molar-refractivity contribution is 6.05. The Bertz CT molecular complexity index is 1670. The largest absolute Gasteiger partial charge is 0.496 e. The number of rotatable bonds is 10. The summed E-state index contributed by atoms with van der Waals surface area (Å²) in [7, 11) is 10.3. The number of anilines is 1. The van der Waals surface area contributed by atoms with Crippen LogP contribution < -0.4 is 38.1 Å². The lowest BCUT2D eigenvalue weighted by atomic mass is 9.82. The molecule has 226 valence electrons. The van der Waals surface area contributed by atoms with Crippen molar-refractivity contribution in [1.29, 1.82) is 0 Å². The Hall–Kier alpha value is -4.50. The van der Waals surface area contributed by atoms with Gasteiger partial charge in [-0.3, -0.25) is 0 Å². The SMILES string of the molecule is CCOC(CC1c2c(ccc(OC)c2OC)-c2ccc3cc4c(cc3c2N1C)OCO4)c1cc(OC)c(OC)cc1OC. The molecule has 0 saturated carbocycles. The minimum Gasteiger partial charge on any atom is -0.496 e. The lowest BCUT2D eigenvalue weighted by Gasteiger charge is -2.41. The molecular formula is C34H37NO8. The van der Waals surface area contributed by atoms with E-state index in [0.717, 1.165) is 50.2 Å². The first-order chi connectivity index (χ1) is 21.0. The van der Waals surface area contributed by atoms with Crippen LogP contribution in [0.3, 0.4) is 0 Å². The molecule has 0 amide bonds. The second-order valence-corrected chi connectivity index (χ2v) is 10.4. The molecule has 2 unspecified atom stereocenters. The van der Waals surface area contributed by atoms with Crippen molar-refractivity contribution in [3.63, 3.8) is 0 Å². The van der Waals surface area contributed by atoms with E-state index >= 15 is 0 Å². The Labute approximate surface area is 251 Å². The van der Waals surface area contributed by atoms with Crippen molar-refractivity contribution in [2.24, 2.45) is 0 Å². The molecule has 0 spiro atoms. The van der Waals surface area contributed by atoms with Gasteiger partial charge in [0, 0.05) is 48.2 Å². The van der Waals surface area contributed by atoms with Gasteiger partial charge < -0.3 is 42.8 Å². The van der Waals surface area contributed by atoms with Gasteiger partial charge in [0.15, 0.2) is 34.5 Å². The van der Waals surface area contributed by atoms with E-state index in [2.05, 4.69) is 36.2 Å². The third kappa shape index (κ3) is 4.68. The highest BCUT2D eigenvalue weighted by atomic mass is 16.7. The van der Waals surface area contributed by atoms with Crippen LogP contribution in [0.25, 0.3) is 21.9 Å². The lowest BCUT2D eigenvalue weighted by molar-refractivity contribution is 0.0486. The second-order valence-electron chi connectivity index (χ2n) is 10.4. The van der Waals surface area contributed by atoms with Crippen molar-refractivity contribution in [3.05, 3.63) is 59.7 Å². The minimum atomic E-state index is -0.353. The quantitative estimate of drug-likeness (QED) is 0.196.